The Morgan fingerprint density at radius 2 is 1.10 bits per heavy atom. The second-order valence-corrected chi connectivity index (χ2v) is 10.2. The molecule has 0 aliphatic rings. The molecule has 0 saturated carbocycles. The molecule has 0 aromatic heterocycles. The highest BCUT2D eigenvalue weighted by Gasteiger charge is 2.86. The number of methoxy groups -OCH3 is 2. The molecule has 41 heavy (non-hydrogen) atoms. The Morgan fingerprint density at radius 1 is 0.610 bits per heavy atom. The zero-order chi connectivity index (χ0) is 30.6. The zero-order valence-corrected chi connectivity index (χ0v) is 21.5. The zero-order valence-electron chi connectivity index (χ0n) is 20.7. The highest BCUT2D eigenvalue weighted by molar-refractivity contribution is 7.88. The van der Waals surface area contributed by atoms with Crippen LogP contribution in [0.4, 0.5) is 39.5 Å². The Morgan fingerprint density at radius 3 is 1.63 bits per heavy atom. The van der Waals surface area contributed by atoms with Crippen molar-refractivity contribution in [1.29, 1.82) is 0 Å². The van der Waals surface area contributed by atoms with Crippen molar-refractivity contribution < 1.29 is 61.6 Å². The van der Waals surface area contributed by atoms with Crippen LogP contribution in [0.3, 0.4) is 0 Å². The van der Waals surface area contributed by atoms with E-state index in [1.165, 1.54) is 26.4 Å². The van der Waals surface area contributed by atoms with E-state index in [2.05, 4.69) is 4.18 Å². The third-order valence-electron chi connectivity index (χ3n) is 6.17. The fraction of sp³-hybridized carbons (Fsp3) is 0.231. The molecule has 15 heteroatoms. The van der Waals surface area contributed by atoms with E-state index in [-0.39, 0.29) is 22.4 Å². The minimum absolute atomic E-state index is 0.0439. The number of halogens is 9. The van der Waals surface area contributed by atoms with Crippen molar-refractivity contribution in [2.24, 2.45) is 0 Å². The molecule has 0 N–H and O–H groups in total. The maximum Gasteiger partial charge on any atom is 0.460 e. The van der Waals surface area contributed by atoms with Crippen LogP contribution in [0.15, 0.2) is 66.7 Å². The van der Waals surface area contributed by atoms with Crippen molar-refractivity contribution in [3.05, 3.63) is 66.7 Å². The van der Waals surface area contributed by atoms with Crippen LogP contribution in [0.2, 0.25) is 0 Å². The summed E-state index contributed by atoms with van der Waals surface area (Å²) in [5.41, 5.74) is 0.594. The quantitative estimate of drug-likeness (QED) is 0.150. The largest absolute Gasteiger partial charge is 0.496 e. The summed E-state index contributed by atoms with van der Waals surface area (Å²) < 4.78 is 159. The lowest BCUT2D eigenvalue weighted by molar-refractivity contribution is -0.382. The van der Waals surface area contributed by atoms with E-state index in [4.69, 9.17) is 9.47 Å². The van der Waals surface area contributed by atoms with Crippen LogP contribution in [0.5, 0.6) is 17.2 Å². The predicted octanol–water partition coefficient (Wildman–Crippen LogP) is 7.81. The molecule has 220 valence electrons. The summed E-state index contributed by atoms with van der Waals surface area (Å²) in [4.78, 5) is 0. The summed E-state index contributed by atoms with van der Waals surface area (Å²) in [6.45, 7) is 0. The first-order valence-corrected chi connectivity index (χ1v) is 12.6. The lowest BCUT2D eigenvalue weighted by Crippen LogP contribution is -2.63. The van der Waals surface area contributed by atoms with Crippen LogP contribution >= 0.6 is 0 Å². The van der Waals surface area contributed by atoms with Gasteiger partial charge in [0, 0.05) is 11.1 Å². The van der Waals surface area contributed by atoms with Gasteiger partial charge < -0.3 is 13.7 Å². The lowest BCUT2D eigenvalue weighted by atomic mass is 9.92. The minimum Gasteiger partial charge on any atom is -0.496 e. The molecule has 0 unspecified atom stereocenters. The Kier molecular flexibility index (Phi) is 7.26. The smallest absolute Gasteiger partial charge is 0.460 e. The van der Waals surface area contributed by atoms with Crippen molar-refractivity contribution in [2.75, 3.05) is 14.2 Å². The van der Waals surface area contributed by atoms with Crippen LogP contribution in [0, 0.1) is 0 Å². The summed E-state index contributed by atoms with van der Waals surface area (Å²) in [5, 5.41) is -5.34. The van der Waals surface area contributed by atoms with Crippen LogP contribution in [-0.2, 0) is 10.1 Å². The maximum absolute atomic E-state index is 14.3. The fourth-order valence-corrected chi connectivity index (χ4v) is 5.04. The van der Waals surface area contributed by atoms with Crippen LogP contribution in [0.1, 0.15) is 0 Å². The Labute approximate surface area is 226 Å². The molecule has 0 fully saturated rings. The van der Waals surface area contributed by atoms with Gasteiger partial charge in [-0.15, -0.1) is 0 Å². The summed E-state index contributed by atoms with van der Waals surface area (Å²) in [6, 6.07) is 15.9. The summed E-state index contributed by atoms with van der Waals surface area (Å²) in [7, 11) is -4.50. The van der Waals surface area contributed by atoms with Gasteiger partial charge in [-0.3, -0.25) is 0 Å². The van der Waals surface area contributed by atoms with Gasteiger partial charge in [0.15, 0.2) is 0 Å². The second-order valence-electron chi connectivity index (χ2n) is 8.59. The van der Waals surface area contributed by atoms with Gasteiger partial charge in [-0.1, -0.05) is 42.5 Å². The molecule has 0 saturated heterocycles. The third kappa shape index (κ3) is 4.65. The van der Waals surface area contributed by atoms with Crippen molar-refractivity contribution >= 4 is 31.7 Å². The van der Waals surface area contributed by atoms with Crippen molar-refractivity contribution in [2.45, 2.75) is 23.3 Å². The summed E-state index contributed by atoms with van der Waals surface area (Å²) >= 11 is 0. The topological polar surface area (TPSA) is 61.8 Å². The van der Waals surface area contributed by atoms with E-state index in [9.17, 15) is 47.9 Å². The van der Waals surface area contributed by atoms with Crippen molar-refractivity contribution in [3.8, 4) is 28.4 Å². The molecule has 0 atom stereocenters. The molecule has 0 aliphatic carbocycles. The lowest BCUT2D eigenvalue weighted by Gasteiger charge is -2.32. The number of benzene rings is 4. The van der Waals surface area contributed by atoms with Crippen LogP contribution < -0.4 is 13.7 Å². The number of hydrogen-bond donors (Lipinski definition) is 0. The minimum atomic E-state index is -7.43. The average molecular weight is 612 g/mol. The summed E-state index contributed by atoms with van der Waals surface area (Å²) in [6.07, 6.45) is -7.21. The van der Waals surface area contributed by atoms with E-state index in [0.29, 0.717) is 21.7 Å². The van der Waals surface area contributed by atoms with Crippen LogP contribution in [-0.4, -0.2) is 45.9 Å². The SMILES string of the molecule is COc1ccc2ccccc2c1-c1c(OC)ccc2ccc(OS(=O)(=O)C(F)(F)C(F)(F)C(F)(F)C(F)(F)F)cc12. The molecule has 0 bridgehead atoms. The second kappa shape index (κ2) is 9.89. The van der Waals surface area contributed by atoms with Gasteiger partial charge in [0.25, 0.3) is 0 Å². The van der Waals surface area contributed by atoms with Crippen molar-refractivity contribution in [1.82, 2.24) is 0 Å². The van der Waals surface area contributed by atoms with Gasteiger partial charge in [-0.05, 0) is 45.8 Å². The fourth-order valence-electron chi connectivity index (χ4n) is 4.13. The maximum atomic E-state index is 14.3. The monoisotopic (exact) mass is 612 g/mol. The highest BCUT2D eigenvalue weighted by atomic mass is 32.2. The number of hydrogen-bond acceptors (Lipinski definition) is 5. The first kappa shape index (κ1) is 30.1. The van der Waals surface area contributed by atoms with Gasteiger partial charge in [0.1, 0.15) is 17.2 Å². The van der Waals surface area contributed by atoms with Crippen LogP contribution in [0.25, 0.3) is 32.7 Å². The third-order valence-corrected chi connectivity index (χ3v) is 7.47. The Hall–Kier alpha value is -3.88. The average Bonchev–Trinajstić information content (AvgIpc) is 2.90. The molecule has 5 nitrogen and oxygen atoms in total. The molecule has 4 aromatic rings. The first-order valence-electron chi connectivity index (χ1n) is 11.2. The normalized spacial score (nSPS) is 13.4. The van der Waals surface area contributed by atoms with Gasteiger partial charge in [-0.2, -0.15) is 47.9 Å². The van der Waals surface area contributed by atoms with E-state index in [1.807, 2.05) is 0 Å². The number of fused-ring (bicyclic) bond motifs is 2. The standard InChI is InChI=1S/C26H17F9O5S/c1-38-19-11-8-14-5-3-4-6-17(14)21(19)22-18-13-16(10-7-15(18)9-12-20(22)39-2)40-41(36,37)26(34,35)24(29,30)23(27,28)25(31,32)33/h3-13H,1-2H3. The molecular formula is C26H17F9O5S. The molecule has 0 heterocycles. The van der Waals surface area contributed by atoms with Gasteiger partial charge in [-0.25, -0.2) is 0 Å². The Bertz CT molecular complexity index is 1740. The molecular weight excluding hydrogens is 595 g/mol. The van der Waals surface area contributed by atoms with Crippen molar-refractivity contribution in [3.63, 3.8) is 0 Å². The first-order chi connectivity index (χ1) is 18.9. The summed E-state index contributed by atoms with van der Waals surface area (Å²) in [5.74, 6) is -15.5. The number of rotatable bonds is 8. The van der Waals surface area contributed by atoms with Gasteiger partial charge in [0.2, 0.25) is 0 Å². The van der Waals surface area contributed by atoms with E-state index in [1.54, 1.807) is 36.4 Å². The highest BCUT2D eigenvalue weighted by Crippen LogP contribution is 2.55. The molecule has 0 amide bonds. The van der Waals surface area contributed by atoms with E-state index < -0.39 is 39.1 Å². The van der Waals surface area contributed by atoms with Gasteiger partial charge in [0.05, 0.1) is 14.2 Å². The molecule has 4 rings (SSSR count). The Balaban J connectivity index is 1.92. The molecule has 0 radical (unpaired) electrons. The number of ether oxygens (including phenoxy) is 2. The molecule has 0 spiro atoms. The molecule has 4 aromatic carbocycles. The predicted molar refractivity (Wildman–Crippen MR) is 130 cm³/mol. The van der Waals surface area contributed by atoms with Gasteiger partial charge >= 0.3 is 33.4 Å². The van der Waals surface area contributed by atoms with E-state index >= 15 is 0 Å². The number of alkyl halides is 9. The van der Waals surface area contributed by atoms with E-state index in [0.717, 1.165) is 18.2 Å². The molecule has 0 aliphatic heterocycles.